The standard InChI is InChI=1S/C13H18BN3O2/c1-12(2)13(3,4)19-14(18-12)9-7-17-11-8(10(9)15)5-6-16-11/h5-7H,1-4H3,(H3,15,16,17). The Bertz CT molecular complexity index is 620. The number of rotatable bonds is 1. The van der Waals surface area contributed by atoms with E-state index in [-0.39, 0.29) is 11.2 Å². The largest absolute Gasteiger partial charge is 0.498 e. The first-order valence-electron chi connectivity index (χ1n) is 6.39. The SMILES string of the molecule is CC1(C)OB(c2cnc3[nH]ccc3c2N)OC1(C)C. The van der Waals surface area contributed by atoms with Crippen LogP contribution in [-0.2, 0) is 9.31 Å². The van der Waals surface area contributed by atoms with Gasteiger partial charge in [0.05, 0.1) is 11.2 Å². The van der Waals surface area contributed by atoms with Gasteiger partial charge in [0.2, 0.25) is 0 Å². The van der Waals surface area contributed by atoms with Crippen LogP contribution < -0.4 is 11.2 Å². The summed E-state index contributed by atoms with van der Waals surface area (Å²) in [4.78, 5) is 7.38. The topological polar surface area (TPSA) is 73.2 Å². The van der Waals surface area contributed by atoms with E-state index >= 15 is 0 Å². The number of nitrogens with zero attached hydrogens (tertiary/aromatic N) is 1. The minimum absolute atomic E-state index is 0.378. The normalized spacial score (nSPS) is 21.2. The Morgan fingerprint density at radius 1 is 1.21 bits per heavy atom. The Labute approximate surface area is 112 Å². The highest BCUT2D eigenvalue weighted by atomic mass is 16.7. The van der Waals surface area contributed by atoms with Crippen molar-refractivity contribution in [1.29, 1.82) is 0 Å². The molecule has 0 aliphatic carbocycles. The van der Waals surface area contributed by atoms with Crippen LogP contribution in [0.2, 0.25) is 0 Å². The third-order valence-electron chi connectivity index (χ3n) is 4.17. The number of hydrogen-bond donors (Lipinski definition) is 2. The van der Waals surface area contributed by atoms with E-state index in [0.717, 1.165) is 16.5 Å². The molecule has 1 aliphatic heterocycles. The molecule has 0 saturated carbocycles. The van der Waals surface area contributed by atoms with Gasteiger partial charge in [-0.1, -0.05) is 0 Å². The molecule has 0 aromatic carbocycles. The lowest BCUT2D eigenvalue weighted by atomic mass is 9.78. The van der Waals surface area contributed by atoms with Crippen LogP contribution in [0.1, 0.15) is 27.7 Å². The lowest BCUT2D eigenvalue weighted by Gasteiger charge is -2.32. The summed E-state index contributed by atoms with van der Waals surface area (Å²) in [5, 5.41) is 0.896. The van der Waals surface area contributed by atoms with Crippen LogP contribution in [0.25, 0.3) is 11.0 Å². The van der Waals surface area contributed by atoms with Crippen LogP contribution in [0.4, 0.5) is 5.69 Å². The number of pyridine rings is 1. The lowest BCUT2D eigenvalue weighted by molar-refractivity contribution is 0.00578. The first kappa shape index (κ1) is 12.5. The van der Waals surface area contributed by atoms with Gasteiger partial charge in [0.25, 0.3) is 0 Å². The van der Waals surface area contributed by atoms with Crippen molar-refractivity contribution < 1.29 is 9.31 Å². The van der Waals surface area contributed by atoms with Crippen LogP contribution >= 0.6 is 0 Å². The third kappa shape index (κ3) is 1.75. The van der Waals surface area contributed by atoms with E-state index in [0.29, 0.717) is 5.69 Å². The van der Waals surface area contributed by atoms with Crippen molar-refractivity contribution in [3.63, 3.8) is 0 Å². The van der Waals surface area contributed by atoms with E-state index in [1.165, 1.54) is 0 Å². The molecule has 3 rings (SSSR count). The van der Waals surface area contributed by atoms with E-state index in [4.69, 9.17) is 15.0 Å². The van der Waals surface area contributed by atoms with E-state index in [2.05, 4.69) is 9.97 Å². The Morgan fingerprint density at radius 2 is 1.84 bits per heavy atom. The number of nitrogens with two attached hydrogens (primary N) is 1. The fourth-order valence-electron chi connectivity index (χ4n) is 2.20. The van der Waals surface area contributed by atoms with Crippen molar-refractivity contribution in [1.82, 2.24) is 9.97 Å². The molecule has 1 saturated heterocycles. The van der Waals surface area contributed by atoms with E-state index < -0.39 is 7.12 Å². The van der Waals surface area contributed by atoms with Crippen molar-refractivity contribution in [2.24, 2.45) is 0 Å². The summed E-state index contributed by atoms with van der Waals surface area (Å²) in [5.41, 5.74) is 7.66. The van der Waals surface area contributed by atoms with Gasteiger partial charge < -0.3 is 20.0 Å². The summed E-state index contributed by atoms with van der Waals surface area (Å²) in [7, 11) is -0.475. The zero-order valence-corrected chi connectivity index (χ0v) is 11.7. The number of aromatic nitrogens is 2. The molecule has 0 atom stereocenters. The smallest absolute Gasteiger partial charge is 0.399 e. The van der Waals surface area contributed by atoms with E-state index in [1.54, 1.807) is 6.20 Å². The zero-order chi connectivity index (χ0) is 13.8. The molecular weight excluding hydrogens is 241 g/mol. The molecule has 6 heteroatoms. The number of H-pyrrole nitrogens is 1. The van der Waals surface area contributed by atoms with Crippen LogP contribution in [0.3, 0.4) is 0 Å². The molecule has 2 aromatic heterocycles. The van der Waals surface area contributed by atoms with Gasteiger partial charge in [-0.2, -0.15) is 0 Å². The van der Waals surface area contributed by atoms with Crippen LogP contribution in [0.5, 0.6) is 0 Å². The first-order chi connectivity index (χ1) is 8.82. The zero-order valence-electron chi connectivity index (χ0n) is 11.7. The molecule has 1 aliphatic rings. The summed E-state index contributed by atoms with van der Waals surface area (Å²) in [6.45, 7) is 8.08. The highest BCUT2D eigenvalue weighted by molar-refractivity contribution is 6.64. The molecule has 0 amide bonds. The summed E-state index contributed by atoms with van der Waals surface area (Å²) in [5.74, 6) is 0. The van der Waals surface area contributed by atoms with Crippen LogP contribution in [0.15, 0.2) is 18.5 Å². The maximum atomic E-state index is 6.20. The Kier molecular flexibility index (Phi) is 2.46. The van der Waals surface area contributed by atoms with Gasteiger partial charge in [-0.25, -0.2) is 4.98 Å². The van der Waals surface area contributed by atoms with Gasteiger partial charge in [-0.15, -0.1) is 0 Å². The molecule has 1 fully saturated rings. The van der Waals surface area contributed by atoms with E-state index in [1.807, 2.05) is 40.0 Å². The molecule has 0 unspecified atom stereocenters. The fourth-order valence-corrected chi connectivity index (χ4v) is 2.20. The van der Waals surface area contributed by atoms with Gasteiger partial charge in [0.1, 0.15) is 5.65 Å². The van der Waals surface area contributed by atoms with E-state index in [9.17, 15) is 0 Å². The molecule has 0 bridgehead atoms. The summed E-state index contributed by atoms with van der Waals surface area (Å²) >= 11 is 0. The maximum Gasteiger partial charge on any atom is 0.498 e. The summed E-state index contributed by atoms with van der Waals surface area (Å²) < 4.78 is 12.0. The molecule has 0 spiro atoms. The number of nitrogen functional groups attached to an aromatic ring is 1. The van der Waals surface area contributed by atoms with Crippen molar-refractivity contribution >= 4 is 29.3 Å². The molecule has 3 heterocycles. The number of nitrogens with one attached hydrogen (secondary N) is 1. The van der Waals surface area contributed by atoms with Gasteiger partial charge in [-0.3, -0.25) is 0 Å². The summed E-state index contributed by atoms with van der Waals surface area (Å²) in [6, 6.07) is 1.91. The molecular formula is C13H18BN3O2. The molecule has 3 N–H and O–H groups in total. The fraction of sp³-hybridized carbons (Fsp3) is 0.462. The average Bonchev–Trinajstić information content (AvgIpc) is 2.83. The molecule has 5 nitrogen and oxygen atoms in total. The number of fused-ring (bicyclic) bond motifs is 1. The van der Waals surface area contributed by atoms with Crippen LogP contribution in [0, 0.1) is 0 Å². The predicted octanol–water partition coefficient (Wildman–Crippen LogP) is 1.44. The predicted molar refractivity (Wildman–Crippen MR) is 76.2 cm³/mol. The van der Waals surface area contributed by atoms with Gasteiger partial charge >= 0.3 is 7.12 Å². The molecule has 0 radical (unpaired) electrons. The average molecular weight is 259 g/mol. The van der Waals surface area contributed by atoms with Crippen molar-refractivity contribution in [2.75, 3.05) is 5.73 Å². The number of aromatic amines is 1. The third-order valence-corrected chi connectivity index (χ3v) is 4.17. The summed E-state index contributed by atoms with van der Waals surface area (Å²) in [6.07, 6.45) is 3.54. The highest BCUT2D eigenvalue weighted by Gasteiger charge is 2.52. The number of anilines is 1. The minimum atomic E-state index is -0.475. The second kappa shape index (κ2) is 3.74. The van der Waals surface area contributed by atoms with Gasteiger partial charge in [0.15, 0.2) is 0 Å². The van der Waals surface area contributed by atoms with Crippen molar-refractivity contribution in [2.45, 2.75) is 38.9 Å². The second-order valence-corrected chi connectivity index (χ2v) is 5.96. The molecule has 19 heavy (non-hydrogen) atoms. The highest BCUT2D eigenvalue weighted by Crippen LogP contribution is 2.37. The monoisotopic (exact) mass is 259 g/mol. The second-order valence-electron chi connectivity index (χ2n) is 5.96. The Balaban J connectivity index is 2.04. The lowest BCUT2D eigenvalue weighted by Crippen LogP contribution is -2.41. The van der Waals surface area contributed by atoms with Gasteiger partial charge in [0, 0.05) is 28.9 Å². The van der Waals surface area contributed by atoms with Crippen molar-refractivity contribution in [3.8, 4) is 0 Å². The Morgan fingerprint density at radius 3 is 2.47 bits per heavy atom. The minimum Gasteiger partial charge on any atom is -0.399 e. The van der Waals surface area contributed by atoms with Crippen LogP contribution in [-0.4, -0.2) is 28.3 Å². The molecule has 2 aromatic rings. The first-order valence-corrected chi connectivity index (χ1v) is 6.39. The van der Waals surface area contributed by atoms with Crippen molar-refractivity contribution in [3.05, 3.63) is 18.5 Å². The number of hydrogen-bond acceptors (Lipinski definition) is 4. The molecule has 100 valence electrons. The maximum absolute atomic E-state index is 6.20. The van der Waals surface area contributed by atoms with Gasteiger partial charge in [-0.05, 0) is 33.8 Å². The quantitative estimate of drug-likeness (QED) is 0.760. The Hall–Kier alpha value is -1.53.